The molecule has 1 heterocycles. The Kier molecular flexibility index (Phi) is 4.51. The summed E-state index contributed by atoms with van der Waals surface area (Å²) in [4.78, 5) is 14.1. The molecule has 0 radical (unpaired) electrons. The van der Waals surface area contributed by atoms with E-state index in [4.69, 9.17) is 0 Å². The first-order valence-electron chi connectivity index (χ1n) is 6.25. The average Bonchev–Trinajstić information content (AvgIpc) is 2.78. The van der Waals surface area contributed by atoms with E-state index in [1.807, 2.05) is 0 Å². The molecule has 1 amide bonds. The number of aryl methyl sites for hydroxylation is 1. The van der Waals surface area contributed by atoms with Crippen molar-refractivity contribution < 1.29 is 4.79 Å². The highest BCUT2D eigenvalue weighted by Crippen LogP contribution is 2.33. The molecule has 1 aromatic heterocycles. The second kappa shape index (κ2) is 5.91. The highest BCUT2D eigenvalue weighted by molar-refractivity contribution is 7.80. The Hall–Kier alpha value is -0.480. The quantitative estimate of drug-likeness (QED) is 0.809. The van der Waals surface area contributed by atoms with Crippen molar-refractivity contribution in [3.05, 3.63) is 21.4 Å². The van der Waals surface area contributed by atoms with E-state index < -0.39 is 0 Å². The number of carbonyl (C=O) groups is 1. The van der Waals surface area contributed by atoms with Gasteiger partial charge in [0.1, 0.15) is 0 Å². The maximum Gasteiger partial charge on any atom is 0.261 e. The standard InChI is InChI=1S/C13H19NOS2/c1-2-9-3-4-11-10(7-9)8-12(17-11)13(15)14-5-6-16/h8-9,16H,2-7H2,1H3,(H,14,15). The zero-order chi connectivity index (χ0) is 12.3. The molecule has 0 saturated carbocycles. The summed E-state index contributed by atoms with van der Waals surface area (Å²) in [6.45, 7) is 2.89. The lowest BCUT2D eigenvalue weighted by molar-refractivity contribution is 0.0960. The summed E-state index contributed by atoms with van der Waals surface area (Å²) >= 11 is 5.76. The van der Waals surface area contributed by atoms with Crippen molar-refractivity contribution in [1.82, 2.24) is 5.32 Å². The molecular weight excluding hydrogens is 250 g/mol. The van der Waals surface area contributed by atoms with Crippen LogP contribution >= 0.6 is 24.0 Å². The lowest BCUT2D eigenvalue weighted by atomic mass is 9.87. The van der Waals surface area contributed by atoms with Gasteiger partial charge in [0, 0.05) is 17.2 Å². The summed E-state index contributed by atoms with van der Waals surface area (Å²) in [6, 6.07) is 2.09. The van der Waals surface area contributed by atoms with Crippen LogP contribution in [0.1, 0.15) is 39.9 Å². The second-order valence-electron chi connectivity index (χ2n) is 4.56. The van der Waals surface area contributed by atoms with E-state index in [0.29, 0.717) is 12.3 Å². The van der Waals surface area contributed by atoms with Crippen molar-refractivity contribution >= 4 is 29.9 Å². The number of thiophene rings is 1. The van der Waals surface area contributed by atoms with Crippen LogP contribution in [0.25, 0.3) is 0 Å². The summed E-state index contributed by atoms with van der Waals surface area (Å²) in [6.07, 6.45) is 4.83. The van der Waals surface area contributed by atoms with E-state index in [1.54, 1.807) is 11.3 Å². The number of hydrogen-bond donors (Lipinski definition) is 2. The van der Waals surface area contributed by atoms with Gasteiger partial charge in [-0.15, -0.1) is 11.3 Å². The Morgan fingerprint density at radius 1 is 1.65 bits per heavy atom. The molecule has 1 aliphatic rings. The molecule has 0 fully saturated rings. The summed E-state index contributed by atoms with van der Waals surface area (Å²) in [7, 11) is 0. The zero-order valence-corrected chi connectivity index (χ0v) is 11.9. The first-order chi connectivity index (χ1) is 8.24. The van der Waals surface area contributed by atoms with Crippen molar-refractivity contribution in [2.75, 3.05) is 12.3 Å². The molecule has 0 spiro atoms. The first-order valence-corrected chi connectivity index (χ1v) is 7.70. The Balaban J connectivity index is 2.07. The highest BCUT2D eigenvalue weighted by Gasteiger charge is 2.21. The topological polar surface area (TPSA) is 29.1 Å². The molecule has 2 rings (SSSR count). The van der Waals surface area contributed by atoms with Crippen molar-refractivity contribution in [3.63, 3.8) is 0 Å². The van der Waals surface area contributed by atoms with Crippen LogP contribution in [0.4, 0.5) is 0 Å². The largest absolute Gasteiger partial charge is 0.351 e. The van der Waals surface area contributed by atoms with Gasteiger partial charge in [-0.3, -0.25) is 4.79 Å². The number of hydrogen-bond acceptors (Lipinski definition) is 3. The molecule has 1 aromatic rings. The lowest BCUT2D eigenvalue weighted by Gasteiger charge is -2.19. The maximum atomic E-state index is 11.8. The number of thiol groups is 1. The van der Waals surface area contributed by atoms with Gasteiger partial charge in [0.05, 0.1) is 4.88 Å². The molecular formula is C13H19NOS2. The van der Waals surface area contributed by atoms with Gasteiger partial charge in [-0.05, 0) is 36.8 Å². The van der Waals surface area contributed by atoms with Crippen LogP contribution in [0.15, 0.2) is 6.07 Å². The minimum Gasteiger partial charge on any atom is -0.351 e. The predicted octanol–water partition coefficient (Wildman–Crippen LogP) is 2.92. The van der Waals surface area contributed by atoms with Gasteiger partial charge in [-0.2, -0.15) is 12.6 Å². The van der Waals surface area contributed by atoms with Crippen LogP contribution in [0.2, 0.25) is 0 Å². The number of carbonyl (C=O) groups excluding carboxylic acids is 1. The van der Waals surface area contributed by atoms with Crippen LogP contribution in [0, 0.1) is 5.92 Å². The van der Waals surface area contributed by atoms with E-state index >= 15 is 0 Å². The average molecular weight is 269 g/mol. The molecule has 1 aliphatic carbocycles. The van der Waals surface area contributed by atoms with Crippen molar-refractivity contribution in [2.45, 2.75) is 32.6 Å². The third kappa shape index (κ3) is 3.05. The number of amides is 1. The van der Waals surface area contributed by atoms with E-state index in [0.717, 1.165) is 23.6 Å². The summed E-state index contributed by atoms with van der Waals surface area (Å²) in [5, 5.41) is 2.88. The van der Waals surface area contributed by atoms with Crippen molar-refractivity contribution in [1.29, 1.82) is 0 Å². The van der Waals surface area contributed by atoms with E-state index in [2.05, 4.69) is 30.9 Å². The molecule has 4 heteroatoms. The normalized spacial score (nSPS) is 18.8. The van der Waals surface area contributed by atoms with Crippen LogP contribution in [-0.2, 0) is 12.8 Å². The molecule has 0 aliphatic heterocycles. The second-order valence-corrected chi connectivity index (χ2v) is 6.14. The van der Waals surface area contributed by atoms with Gasteiger partial charge in [-0.25, -0.2) is 0 Å². The van der Waals surface area contributed by atoms with Crippen molar-refractivity contribution in [3.8, 4) is 0 Å². The third-order valence-corrected chi connectivity index (χ3v) is 4.84. The lowest BCUT2D eigenvalue weighted by Crippen LogP contribution is -2.24. The molecule has 0 aromatic carbocycles. The van der Waals surface area contributed by atoms with E-state index in [-0.39, 0.29) is 5.91 Å². The molecule has 2 nitrogen and oxygen atoms in total. The van der Waals surface area contributed by atoms with E-state index in [1.165, 1.54) is 23.3 Å². The molecule has 1 N–H and O–H groups in total. The molecule has 94 valence electrons. The zero-order valence-electron chi connectivity index (χ0n) is 10.2. The summed E-state index contributed by atoms with van der Waals surface area (Å²) in [5.74, 6) is 1.56. The van der Waals surface area contributed by atoms with Crippen LogP contribution in [0.3, 0.4) is 0 Å². The number of fused-ring (bicyclic) bond motifs is 1. The van der Waals surface area contributed by atoms with Gasteiger partial charge in [0.25, 0.3) is 5.91 Å². The molecule has 0 bridgehead atoms. The van der Waals surface area contributed by atoms with Crippen molar-refractivity contribution in [2.24, 2.45) is 5.92 Å². The Morgan fingerprint density at radius 2 is 2.47 bits per heavy atom. The van der Waals surface area contributed by atoms with Crippen LogP contribution < -0.4 is 5.32 Å². The minimum atomic E-state index is 0.0616. The monoisotopic (exact) mass is 269 g/mol. The summed E-state index contributed by atoms with van der Waals surface area (Å²) < 4.78 is 0. The van der Waals surface area contributed by atoms with Gasteiger partial charge in [0.2, 0.25) is 0 Å². The smallest absolute Gasteiger partial charge is 0.261 e. The maximum absolute atomic E-state index is 11.8. The fourth-order valence-electron chi connectivity index (χ4n) is 2.32. The third-order valence-electron chi connectivity index (χ3n) is 3.38. The van der Waals surface area contributed by atoms with Gasteiger partial charge >= 0.3 is 0 Å². The fraction of sp³-hybridized carbons (Fsp3) is 0.615. The predicted molar refractivity (Wildman–Crippen MR) is 76.3 cm³/mol. The highest BCUT2D eigenvalue weighted by atomic mass is 32.1. The molecule has 17 heavy (non-hydrogen) atoms. The van der Waals surface area contributed by atoms with Crippen LogP contribution in [0.5, 0.6) is 0 Å². The van der Waals surface area contributed by atoms with Gasteiger partial charge in [0.15, 0.2) is 0 Å². The Labute approximate surface area is 112 Å². The van der Waals surface area contributed by atoms with E-state index in [9.17, 15) is 4.79 Å². The number of rotatable bonds is 4. The number of nitrogens with one attached hydrogen (secondary N) is 1. The minimum absolute atomic E-state index is 0.0616. The molecule has 1 atom stereocenters. The van der Waals surface area contributed by atoms with Crippen LogP contribution in [-0.4, -0.2) is 18.2 Å². The molecule has 1 unspecified atom stereocenters. The first kappa shape index (κ1) is 13.0. The Morgan fingerprint density at radius 3 is 3.18 bits per heavy atom. The van der Waals surface area contributed by atoms with Gasteiger partial charge in [-0.1, -0.05) is 13.3 Å². The summed E-state index contributed by atoms with van der Waals surface area (Å²) in [5.41, 5.74) is 1.41. The SMILES string of the molecule is CCC1CCc2sc(C(=O)NCCS)cc2C1. The molecule has 0 saturated heterocycles. The van der Waals surface area contributed by atoms with Gasteiger partial charge < -0.3 is 5.32 Å². The fourth-order valence-corrected chi connectivity index (χ4v) is 3.55. The Bertz CT molecular complexity index is 400.